The van der Waals surface area contributed by atoms with Crippen molar-refractivity contribution >= 4 is 131 Å². The van der Waals surface area contributed by atoms with Gasteiger partial charge in [-0.15, -0.1) is 0 Å². The Bertz CT molecular complexity index is 1560. The molecule has 1 heterocycles. The minimum Gasteiger partial charge on any atom is -0.466 e. The number of carbonyl (C=O) groups excluding carboxylic acids is 4. The van der Waals surface area contributed by atoms with Crippen molar-refractivity contribution in [2.24, 2.45) is 0 Å². The van der Waals surface area contributed by atoms with E-state index in [1.165, 1.54) is 0 Å². The van der Waals surface area contributed by atoms with E-state index in [-0.39, 0.29) is 37.1 Å². The highest BCUT2D eigenvalue weighted by Gasteiger charge is 2.22. The van der Waals surface area contributed by atoms with E-state index in [1.807, 2.05) is 30.3 Å². The number of esters is 4. The summed E-state index contributed by atoms with van der Waals surface area (Å²) >= 11 is 8.93. The number of nitrogens with one attached hydrogen (secondary N) is 3. The first-order chi connectivity index (χ1) is 22.4. The van der Waals surface area contributed by atoms with Crippen LogP contribution in [-0.2, 0) is 39.8 Å². The van der Waals surface area contributed by atoms with Crippen LogP contribution in [0, 0.1) is 14.3 Å². The third-order valence-corrected chi connectivity index (χ3v) is 8.70. The van der Waals surface area contributed by atoms with Gasteiger partial charge in [-0.1, -0.05) is 6.08 Å². The normalized spacial score (nSPS) is 10.9. The van der Waals surface area contributed by atoms with Gasteiger partial charge in [-0.3, -0.25) is 15.0 Å². The molecule has 0 unspecified atom stereocenters. The lowest BCUT2D eigenvalue weighted by molar-refractivity contribution is -0.144. The number of allylic oxidation sites excluding steroid dienone is 1. The Morgan fingerprint density at radius 1 is 0.745 bits per heavy atom. The SMILES string of the molecule is CCOC(=O)CC/C=C(/NNc1cc(I)cc(I)c1)C(=O)OCC.CCOC(=O)CCc1c(C(=O)OCC)[nH]c2cc(I)cc(I)c12. The van der Waals surface area contributed by atoms with Gasteiger partial charge in [0.05, 0.1) is 32.1 Å². The number of hydrogen-bond donors (Lipinski definition) is 3. The molecular formula is C32H37I4N3O8. The third-order valence-electron chi connectivity index (χ3n) is 5.98. The molecule has 1 aromatic heterocycles. The first kappa shape index (κ1) is 41.3. The topological polar surface area (TPSA) is 145 Å². The average Bonchev–Trinajstić information content (AvgIpc) is 3.37. The highest BCUT2D eigenvalue weighted by molar-refractivity contribution is 14.1. The van der Waals surface area contributed by atoms with Crippen molar-refractivity contribution in [3.05, 3.63) is 67.6 Å². The van der Waals surface area contributed by atoms with Crippen molar-refractivity contribution in [1.82, 2.24) is 10.4 Å². The predicted molar refractivity (Wildman–Crippen MR) is 214 cm³/mol. The summed E-state index contributed by atoms with van der Waals surface area (Å²) < 4.78 is 24.3. The molecule has 11 nitrogen and oxygen atoms in total. The Kier molecular flexibility index (Phi) is 19.3. The molecule has 0 radical (unpaired) electrons. The van der Waals surface area contributed by atoms with Crippen LogP contribution in [0.25, 0.3) is 10.9 Å². The number of benzene rings is 2. The maximum absolute atomic E-state index is 12.2. The summed E-state index contributed by atoms with van der Waals surface area (Å²) in [5.74, 6) is -1.43. The largest absolute Gasteiger partial charge is 0.466 e. The predicted octanol–water partition coefficient (Wildman–Crippen LogP) is 7.65. The molecule has 2 aromatic carbocycles. The van der Waals surface area contributed by atoms with E-state index in [0.717, 1.165) is 36.4 Å². The molecule has 0 amide bonds. The van der Waals surface area contributed by atoms with E-state index in [2.05, 4.69) is 106 Å². The van der Waals surface area contributed by atoms with Crippen LogP contribution < -0.4 is 10.9 Å². The molecule has 0 saturated heterocycles. The second-order valence-electron chi connectivity index (χ2n) is 9.40. The van der Waals surface area contributed by atoms with Gasteiger partial charge >= 0.3 is 23.9 Å². The summed E-state index contributed by atoms with van der Waals surface area (Å²) in [7, 11) is 0. The fourth-order valence-electron chi connectivity index (χ4n) is 4.13. The van der Waals surface area contributed by atoms with Crippen LogP contribution >= 0.6 is 90.4 Å². The van der Waals surface area contributed by atoms with Crippen LogP contribution in [0.2, 0.25) is 0 Å². The zero-order valence-electron chi connectivity index (χ0n) is 26.4. The van der Waals surface area contributed by atoms with Crippen molar-refractivity contribution < 1.29 is 38.1 Å². The average molecular weight is 1100 g/mol. The van der Waals surface area contributed by atoms with E-state index in [4.69, 9.17) is 18.9 Å². The lowest BCUT2D eigenvalue weighted by atomic mass is 10.1. The fraction of sp³-hybridized carbons (Fsp3) is 0.375. The highest BCUT2D eigenvalue weighted by atomic mass is 127. The van der Waals surface area contributed by atoms with Crippen LogP contribution in [0.3, 0.4) is 0 Å². The molecule has 3 rings (SSSR count). The lowest BCUT2D eigenvalue weighted by Gasteiger charge is -2.13. The number of hydrogen-bond acceptors (Lipinski definition) is 10. The molecule has 15 heteroatoms. The van der Waals surface area contributed by atoms with E-state index < -0.39 is 11.9 Å². The molecule has 0 saturated carbocycles. The van der Waals surface area contributed by atoms with Gasteiger partial charge in [0.15, 0.2) is 0 Å². The van der Waals surface area contributed by atoms with E-state index >= 15 is 0 Å². The lowest BCUT2D eigenvalue weighted by Crippen LogP contribution is -2.27. The monoisotopic (exact) mass is 1100 g/mol. The van der Waals surface area contributed by atoms with Crippen molar-refractivity contribution in [3.63, 3.8) is 0 Å². The van der Waals surface area contributed by atoms with Gasteiger partial charge in [0.25, 0.3) is 0 Å². The molecular weight excluding hydrogens is 1060 g/mol. The summed E-state index contributed by atoms with van der Waals surface area (Å²) in [6.07, 6.45) is 2.88. The minimum absolute atomic E-state index is 0.208. The van der Waals surface area contributed by atoms with Gasteiger partial charge < -0.3 is 29.4 Å². The smallest absolute Gasteiger partial charge is 0.355 e. The van der Waals surface area contributed by atoms with Gasteiger partial charge in [0.1, 0.15) is 11.4 Å². The van der Waals surface area contributed by atoms with Gasteiger partial charge in [0, 0.05) is 38.0 Å². The van der Waals surface area contributed by atoms with Crippen molar-refractivity contribution in [2.45, 2.75) is 53.4 Å². The Labute approximate surface area is 328 Å². The molecule has 3 aromatic rings. The zero-order chi connectivity index (χ0) is 34.9. The number of H-pyrrole nitrogens is 1. The molecule has 0 atom stereocenters. The summed E-state index contributed by atoms with van der Waals surface area (Å²) in [6.45, 7) is 8.32. The first-order valence-corrected chi connectivity index (χ1v) is 19.1. The van der Waals surface area contributed by atoms with Crippen LogP contribution in [0.4, 0.5) is 5.69 Å². The molecule has 3 N–H and O–H groups in total. The quantitative estimate of drug-likeness (QED) is 0.0457. The van der Waals surface area contributed by atoms with Crippen LogP contribution in [0.15, 0.2) is 42.1 Å². The van der Waals surface area contributed by atoms with Gasteiger partial charge in [-0.05, 0) is 167 Å². The highest BCUT2D eigenvalue weighted by Crippen LogP contribution is 2.31. The van der Waals surface area contributed by atoms with E-state index in [0.29, 0.717) is 38.4 Å². The number of ether oxygens (including phenoxy) is 4. The second kappa shape index (κ2) is 22.0. The van der Waals surface area contributed by atoms with Crippen LogP contribution in [-0.4, -0.2) is 55.3 Å². The van der Waals surface area contributed by atoms with E-state index in [9.17, 15) is 19.2 Å². The summed E-state index contributed by atoms with van der Waals surface area (Å²) in [5, 5.41) is 0.971. The molecule has 0 bridgehead atoms. The third kappa shape index (κ3) is 14.2. The maximum atomic E-state index is 12.2. The second-order valence-corrected chi connectivity index (χ2v) is 14.3. The summed E-state index contributed by atoms with van der Waals surface area (Å²) in [4.78, 5) is 50.4. The standard InChI is InChI=1S/C16H20I2N2O4.C16H17I2NO4/c1-3-23-15(21)7-5-6-14(16(22)24-4-2)20-19-13-9-11(17)8-12(18)10-13;1-3-22-13(20)6-5-10-14-11(18)7-9(17)8-12(14)19-15(10)16(21)23-4-2/h6,8-10,19-20H,3-5,7H2,1-2H3;7-8,19H,3-6H2,1-2H3/b14-6+;. The Morgan fingerprint density at radius 3 is 1.91 bits per heavy atom. The number of aromatic nitrogens is 1. The molecule has 0 aliphatic heterocycles. The molecule has 0 fully saturated rings. The zero-order valence-corrected chi connectivity index (χ0v) is 35.0. The number of fused-ring (bicyclic) bond motifs is 1. The number of anilines is 1. The van der Waals surface area contributed by atoms with Crippen LogP contribution in [0.5, 0.6) is 0 Å². The number of carbonyl (C=O) groups is 4. The Balaban J connectivity index is 0.000000327. The summed E-state index contributed by atoms with van der Waals surface area (Å²) in [5.41, 5.74) is 9.04. The molecule has 256 valence electrons. The van der Waals surface area contributed by atoms with Crippen molar-refractivity contribution in [1.29, 1.82) is 0 Å². The maximum Gasteiger partial charge on any atom is 0.355 e. The molecule has 0 aliphatic rings. The fourth-order valence-corrected chi connectivity index (χ4v) is 8.24. The van der Waals surface area contributed by atoms with Gasteiger partial charge in [0.2, 0.25) is 0 Å². The first-order valence-electron chi connectivity index (χ1n) is 14.8. The molecule has 47 heavy (non-hydrogen) atoms. The summed E-state index contributed by atoms with van der Waals surface area (Å²) in [6, 6.07) is 9.94. The number of hydrazine groups is 1. The molecule has 0 spiro atoms. The number of halogens is 4. The number of rotatable bonds is 15. The van der Waals surface area contributed by atoms with Gasteiger partial charge in [-0.2, -0.15) is 0 Å². The number of aryl methyl sites for hydroxylation is 1. The molecule has 0 aliphatic carbocycles. The Morgan fingerprint density at radius 2 is 1.32 bits per heavy atom. The number of aromatic amines is 1. The minimum atomic E-state index is -0.478. The van der Waals surface area contributed by atoms with Gasteiger partial charge in [-0.25, -0.2) is 9.59 Å². The van der Waals surface area contributed by atoms with E-state index in [1.54, 1.807) is 33.8 Å². The van der Waals surface area contributed by atoms with Crippen LogP contribution in [0.1, 0.15) is 63.0 Å². The van der Waals surface area contributed by atoms with Crippen molar-refractivity contribution in [2.75, 3.05) is 31.9 Å². The Hall–Kier alpha value is -1.88. The van der Waals surface area contributed by atoms with Crippen molar-refractivity contribution in [3.8, 4) is 0 Å².